The predicted molar refractivity (Wildman–Crippen MR) is 67.5 cm³/mol. The van der Waals surface area contributed by atoms with Crippen LogP contribution in [0.1, 0.15) is 10.4 Å². The first-order valence-corrected chi connectivity index (χ1v) is 5.55. The zero-order valence-corrected chi connectivity index (χ0v) is 9.91. The van der Waals surface area contributed by atoms with E-state index in [4.69, 9.17) is 4.74 Å². The molecule has 1 amide bonds. The van der Waals surface area contributed by atoms with Gasteiger partial charge in [0, 0.05) is 0 Å². The maximum absolute atomic E-state index is 11.5. The highest BCUT2D eigenvalue weighted by atomic mass is 16.7. The minimum atomic E-state index is -0.865. The molecular weight excluding hydrogens is 246 g/mol. The second-order valence-electron chi connectivity index (χ2n) is 3.56. The Morgan fingerprint density at radius 1 is 0.842 bits per heavy atom. The molecule has 0 radical (unpaired) electrons. The fraction of sp³-hybridized carbons (Fsp3) is 0. The average molecular weight is 257 g/mol. The van der Waals surface area contributed by atoms with Crippen molar-refractivity contribution in [2.75, 3.05) is 0 Å². The van der Waals surface area contributed by atoms with Gasteiger partial charge in [0.1, 0.15) is 5.75 Å². The number of carbonyl (C=O) groups is 2. The zero-order valence-electron chi connectivity index (χ0n) is 9.91. The van der Waals surface area contributed by atoms with Crippen molar-refractivity contribution in [2.24, 2.45) is 0 Å². The van der Waals surface area contributed by atoms with Crippen LogP contribution in [0.25, 0.3) is 0 Å². The molecule has 0 aromatic heterocycles. The summed E-state index contributed by atoms with van der Waals surface area (Å²) < 4.78 is 4.87. The van der Waals surface area contributed by atoms with Crippen LogP contribution in [-0.2, 0) is 4.84 Å². The van der Waals surface area contributed by atoms with Crippen LogP contribution in [0.3, 0.4) is 0 Å². The molecule has 0 saturated carbocycles. The number of benzene rings is 2. The Morgan fingerprint density at radius 3 is 2.05 bits per heavy atom. The van der Waals surface area contributed by atoms with E-state index in [9.17, 15) is 9.59 Å². The molecule has 96 valence electrons. The van der Waals surface area contributed by atoms with Crippen LogP contribution in [0.2, 0.25) is 0 Å². The number of ether oxygens (including phenoxy) is 1. The lowest BCUT2D eigenvalue weighted by Crippen LogP contribution is -2.29. The SMILES string of the molecule is O=C(NOC(=O)c1ccccc1)Oc1ccccc1. The summed E-state index contributed by atoms with van der Waals surface area (Å²) in [5.74, 6) is -0.304. The third-order valence-electron chi connectivity index (χ3n) is 2.19. The van der Waals surface area contributed by atoms with Crippen molar-refractivity contribution in [3.05, 3.63) is 66.2 Å². The van der Waals surface area contributed by atoms with Crippen molar-refractivity contribution in [2.45, 2.75) is 0 Å². The monoisotopic (exact) mass is 257 g/mol. The molecule has 0 saturated heterocycles. The van der Waals surface area contributed by atoms with Crippen molar-refractivity contribution in [3.8, 4) is 5.75 Å². The molecule has 0 heterocycles. The van der Waals surface area contributed by atoms with Crippen molar-refractivity contribution >= 4 is 12.1 Å². The van der Waals surface area contributed by atoms with E-state index >= 15 is 0 Å². The number of carbonyl (C=O) groups excluding carboxylic acids is 2. The van der Waals surface area contributed by atoms with Gasteiger partial charge in [0.15, 0.2) is 0 Å². The van der Waals surface area contributed by atoms with Crippen LogP contribution in [0.15, 0.2) is 60.7 Å². The number of hydrogen-bond acceptors (Lipinski definition) is 4. The lowest BCUT2D eigenvalue weighted by molar-refractivity contribution is 0.0276. The van der Waals surface area contributed by atoms with E-state index in [1.165, 1.54) is 0 Å². The molecule has 19 heavy (non-hydrogen) atoms. The summed E-state index contributed by atoms with van der Waals surface area (Å²) in [5, 5.41) is 0. The fourth-order valence-electron chi connectivity index (χ4n) is 1.34. The summed E-state index contributed by atoms with van der Waals surface area (Å²) in [6, 6.07) is 16.8. The second kappa shape index (κ2) is 6.20. The topological polar surface area (TPSA) is 64.6 Å². The fourth-order valence-corrected chi connectivity index (χ4v) is 1.34. The first kappa shape index (κ1) is 12.6. The smallest absolute Gasteiger partial charge is 0.408 e. The number of hydrogen-bond donors (Lipinski definition) is 1. The van der Waals surface area contributed by atoms with Crippen LogP contribution in [0.5, 0.6) is 5.75 Å². The Bertz CT molecular complexity index is 554. The lowest BCUT2D eigenvalue weighted by Gasteiger charge is -2.06. The molecule has 0 unspecified atom stereocenters. The van der Waals surface area contributed by atoms with Crippen molar-refractivity contribution in [3.63, 3.8) is 0 Å². The standard InChI is InChI=1S/C14H11NO4/c16-13(11-7-3-1-4-8-11)19-15-14(17)18-12-9-5-2-6-10-12/h1-10H,(H,15,17). The number of para-hydroxylation sites is 1. The van der Waals surface area contributed by atoms with E-state index < -0.39 is 12.1 Å². The van der Waals surface area contributed by atoms with Gasteiger partial charge in [0.25, 0.3) is 0 Å². The van der Waals surface area contributed by atoms with Crippen molar-refractivity contribution in [1.29, 1.82) is 0 Å². The van der Waals surface area contributed by atoms with E-state index in [1.54, 1.807) is 60.7 Å². The Kier molecular flexibility index (Phi) is 4.12. The first-order valence-electron chi connectivity index (χ1n) is 5.55. The van der Waals surface area contributed by atoms with Gasteiger partial charge in [-0.05, 0) is 24.3 Å². The molecular formula is C14H11NO4. The third-order valence-corrected chi connectivity index (χ3v) is 2.19. The Labute approximate surface area is 109 Å². The summed E-state index contributed by atoms with van der Waals surface area (Å²) in [7, 11) is 0. The summed E-state index contributed by atoms with van der Waals surface area (Å²) in [6.45, 7) is 0. The van der Waals surface area contributed by atoms with Gasteiger partial charge >= 0.3 is 12.1 Å². The van der Waals surface area contributed by atoms with E-state index in [1.807, 2.05) is 5.48 Å². The molecule has 2 aromatic rings. The van der Waals surface area contributed by atoms with Gasteiger partial charge in [0.2, 0.25) is 0 Å². The summed E-state index contributed by atoms with van der Waals surface area (Å²) in [5.41, 5.74) is 2.25. The lowest BCUT2D eigenvalue weighted by atomic mass is 10.2. The second-order valence-corrected chi connectivity index (χ2v) is 3.56. The van der Waals surface area contributed by atoms with Gasteiger partial charge in [-0.2, -0.15) is 0 Å². The molecule has 0 aliphatic heterocycles. The Balaban J connectivity index is 1.83. The third kappa shape index (κ3) is 3.85. The number of hydroxylamine groups is 1. The Morgan fingerprint density at radius 2 is 1.42 bits per heavy atom. The molecule has 1 N–H and O–H groups in total. The van der Waals surface area contributed by atoms with Gasteiger partial charge in [-0.15, -0.1) is 5.48 Å². The van der Waals surface area contributed by atoms with Gasteiger partial charge in [0.05, 0.1) is 5.56 Å². The quantitative estimate of drug-likeness (QED) is 0.840. The highest BCUT2D eigenvalue weighted by Crippen LogP contribution is 2.08. The summed E-state index contributed by atoms with van der Waals surface area (Å²) >= 11 is 0. The molecule has 5 nitrogen and oxygen atoms in total. The molecule has 0 bridgehead atoms. The van der Waals surface area contributed by atoms with Gasteiger partial charge in [-0.25, -0.2) is 9.59 Å². The number of rotatable bonds is 2. The number of amides is 1. The van der Waals surface area contributed by atoms with E-state index in [0.717, 1.165) is 0 Å². The van der Waals surface area contributed by atoms with Gasteiger partial charge in [-0.3, -0.25) is 0 Å². The summed E-state index contributed by atoms with van der Waals surface area (Å²) in [6.07, 6.45) is -0.865. The van der Waals surface area contributed by atoms with Crippen LogP contribution in [0, 0.1) is 0 Å². The van der Waals surface area contributed by atoms with Crippen molar-refractivity contribution in [1.82, 2.24) is 5.48 Å². The largest absolute Gasteiger partial charge is 0.446 e. The van der Waals surface area contributed by atoms with Gasteiger partial charge in [-0.1, -0.05) is 36.4 Å². The molecule has 5 heteroatoms. The molecule has 2 rings (SSSR count). The minimum absolute atomic E-state index is 0.336. The van der Waals surface area contributed by atoms with Gasteiger partial charge < -0.3 is 9.57 Å². The normalized spacial score (nSPS) is 9.47. The highest BCUT2D eigenvalue weighted by Gasteiger charge is 2.10. The summed E-state index contributed by atoms with van der Waals surface area (Å²) in [4.78, 5) is 27.4. The molecule has 0 aliphatic rings. The van der Waals surface area contributed by atoms with Crippen LogP contribution in [0.4, 0.5) is 4.79 Å². The average Bonchev–Trinajstić information content (AvgIpc) is 2.47. The van der Waals surface area contributed by atoms with E-state index in [0.29, 0.717) is 11.3 Å². The first-order chi connectivity index (χ1) is 9.25. The van der Waals surface area contributed by atoms with Crippen LogP contribution >= 0.6 is 0 Å². The minimum Gasteiger partial charge on any atom is -0.408 e. The predicted octanol–water partition coefficient (Wildman–Crippen LogP) is 2.55. The van der Waals surface area contributed by atoms with Crippen LogP contribution < -0.4 is 10.2 Å². The van der Waals surface area contributed by atoms with E-state index in [-0.39, 0.29) is 0 Å². The Hall–Kier alpha value is -2.82. The maximum atomic E-state index is 11.5. The van der Waals surface area contributed by atoms with Crippen molar-refractivity contribution < 1.29 is 19.2 Å². The molecule has 0 aliphatic carbocycles. The zero-order chi connectivity index (χ0) is 13.5. The molecule has 0 fully saturated rings. The molecule has 0 spiro atoms. The van der Waals surface area contributed by atoms with E-state index in [2.05, 4.69) is 4.84 Å². The van der Waals surface area contributed by atoms with Crippen LogP contribution in [-0.4, -0.2) is 12.1 Å². The molecule has 2 aromatic carbocycles. The number of nitrogens with one attached hydrogen (secondary N) is 1. The molecule has 0 atom stereocenters. The maximum Gasteiger partial charge on any atom is 0.446 e. The highest BCUT2D eigenvalue weighted by molar-refractivity contribution is 5.89.